The van der Waals surface area contributed by atoms with Crippen molar-refractivity contribution in [2.24, 2.45) is 5.92 Å². The van der Waals surface area contributed by atoms with Crippen LogP contribution in [-0.4, -0.2) is 50.5 Å². The van der Waals surface area contributed by atoms with Crippen LogP contribution < -0.4 is 5.32 Å². The molecule has 7 nitrogen and oxygen atoms in total. The lowest BCUT2D eigenvalue weighted by Gasteiger charge is -2.29. The molecule has 1 saturated heterocycles. The van der Waals surface area contributed by atoms with Gasteiger partial charge in [0, 0.05) is 30.9 Å². The van der Waals surface area contributed by atoms with Gasteiger partial charge in [-0.1, -0.05) is 38.1 Å². The van der Waals surface area contributed by atoms with Gasteiger partial charge in [-0.25, -0.2) is 4.98 Å². The number of rotatable bonds is 7. The number of aromatic amines is 1. The summed E-state index contributed by atoms with van der Waals surface area (Å²) in [7, 11) is 0. The highest BCUT2D eigenvalue weighted by Gasteiger charge is 2.42. The molecule has 0 unspecified atom stereocenters. The van der Waals surface area contributed by atoms with Crippen molar-refractivity contribution in [1.82, 2.24) is 20.2 Å². The van der Waals surface area contributed by atoms with E-state index in [-0.39, 0.29) is 30.7 Å². The summed E-state index contributed by atoms with van der Waals surface area (Å²) in [4.78, 5) is 36.9. The van der Waals surface area contributed by atoms with Crippen LogP contribution in [0.5, 0.6) is 0 Å². The first-order valence-corrected chi connectivity index (χ1v) is 12.5. The zero-order valence-corrected chi connectivity index (χ0v) is 20.9. The van der Waals surface area contributed by atoms with Gasteiger partial charge < -0.3 is 20.3 Å². The van der Waals surface area contributed by atoms with E-state index in [1.807, 2.05) is 69.6 Å². The Morgan fingerprint density at radius 2 is 1.94 bits per heavy atom. The van der Waals surface area contributed by atoms with Gasteiger partial charge in [-0.05, 0) is 43.0 Å². The number of thiazole rings is 1. The lowest BCUT2D eigenvalue weighted by Crippen LogP contribution is -2.48. The number of β-amino-alcohol motifs (C(OH)–C–C–N with tert-alkyl or cyclic N) is 1. The number of nitrogens with one attached hydrogen (secondary N) is 2. The topological polar surface area (TPSA) is 98.3 Å². The summed E-state index contributed by atoms with van der Waals surface area (Å²) in [6, 6.07) is 11.2. The molecule has 1 aliphatic rings. The molecule has 2 amide bonds. The van der Waals surface area contributed by atoms with Crippen molar-refractivity contribution in [3.63, 3.8) is 0 Å². The quantitative estimate of drug-likeness (QED) is 0.479. The number of H-pyrrole nitrogens is 1. The molecule has 2 aromatic heterocycles. The Labute approximate surface area is 204 Å². The Hall–Kier alpha value is -2.97. The number of hydrogen-bond donors (Lipinski definition) is 3. The lowest BCUT2D eigenvalue weighted by molar-refractivity contribution is -0.140. The molecule has 4 rings (SSSR count). The van der Waals surface area contributed by atoms with E-state index in [0.717, 1.165) is 33.1 Å². The van der Waals surface area contributed by atoms with Crippen molar-refractivity contribution < 1.29 is 14.7 Å². The van der Waals surface area contributed by atoms with Crippen LogP contribution in [0.15, 0.2) is 41.9 Å². The first-order valence-electron chi connectivity index (χ1n) is 11.7. The number of aliphatic hydroxyl groups is 1. The molecule has 1 aromatic carbocycles. The summed E-state index contributed by atoms with van der Waals surface area (Å²) >= 11 is 1.61. The zero-order valence-electron chi connectivity index (χ0n) is 20.0. The minimum atomic E-state index is -0.709. The van der Waals surface area contributed by atoms with E-state index in [1.165, 1.54) is 0 Å². The maximum atomic E-state index is 13.5. The van der Waals surface area contributed by atoms with Crippen molar-refractivity contribution in [3.05, 3.63) is 64.6 Å². The van der Waals surface area contributed by atoms with Gasteiger partial charge in [-0.15, -0.1) is 11.3 Å². The maximum absolute atomic E-state index is 13.5. The Balaban J connectivity index is 1.43. The summed E-state index contributed by atoms with van der Waals surface area (Å²) in [5, 5.41) is 13.3. The SMILES string of the molecule is Cc1ccc([C@H](C(=O)N2C[C@H](O)C[C@H]2C(=O)NCc2ccc(-c3scnc3C)cc2)C(C)C)[nH]1. The van der Waals surface area contributed by atoms with Gasteiger partial charge in [-0.3, -0.25) is 9.59 Å². The first-order chi connectivity index (χ1) is 16.2. The van der Waals surface area contributed by atoms with Crippen molar-refractivity contribution >= 4 is 23.2 Å². The number of nitrogens with zero attached hydrogens (tertiary/aromatic N) is 2. The van der Waals surface area contributed by atoms with Gasteiger partial charge in [0.05, 0.1) is 28.1 Å². The second-order valence-electron chi connectivity index (χ2n) is 9.40. The number of likely N-dealkylation sites (tertiary alicyclic amines) is 1. The average Bonchev–Trinajstić information content (AvgIpc) is 3.52. The fraction of sp³-hybridized carbons (Fsp3) is 0.423. The van der Waals surface area contributed by atoms with Gasteiger partial charge in [0.15, 0.2) is 0 Å². The van der Waals surface area contributed by atoms with Gasteiger partial charge in [0.2, 0.25) is 11.8 Å². The van der Waals surface area contributed by atoms with Gasteiger partial charge >= 0.3 is 0 Å². The minimum Gasteiger partial charge on any atom is -0.391 e. The van der Waals surface area contributed by atoms with E-state index < -0.39 is 18.1 Å². The van der Waals surface area contributed by atoms with Crippen LogP contribution in [0.3, 0.4) is 0 Å². The van der Waals surface area contributed by atoms with Crippen LogP contribution in [0.4, 0.5) is 0 Å². The van der Waals surface area contributed by atoms with E-state index in [1.54, 1.807) is 16.2 Å². The Morgan fingerprint density at radius 3 is 2.53 bits per heavy atom. The number of benzene rings is 1. The molecule has 180 valence electrons. The van der Waals surface area contributed by atoms with Crippen LogP contribution in [0.25, 0.3) is 10.4 Å². The summed E-state index contributed by atoms with van der Waals surface area (Å²) in [6.07, 6.45) is -0.463. The fourth-order valence-corrected chi connectivity index (χ4v) is 5.44. The molecule has 0 spiro atoms. The first kappa shape index (κ1) is 24.2. The van der Waals surface area contributed by atoms with E-state index in [2.05, 4.69) is 15.3 Å². The van der Waals surface area contributed by atoms with Crippen molar-refractivity contribution in [2.75, 3.05) is 6.54 Å². The molecule has 3 atom stereocenters. The molecule has 0 radical (unpaired) electrons. The molecule has 1 aliphatic heterocycles. The molecule has 1 fully saturated rings. The predicted octanol–water partition coefficient (Wildman–Crippen LogP) is 3.77. The molecule has 0 bridgehead atoms. The maximum Gasteiger partial charge on any atom is 0.243 e. The Kier molecular flexibility index (Phi) is 7.19. The molecule has 34 heavy (non-hydrogen) atoms. The van der Waals surface area contributed by atoms with Crippen LogP contribution in [0, 0.1) is 19.8 Å². The standard InChI is InChI=1S/C26H32N4O3S/c1-15(2)23(21-10-5-16(3)29-21)26(33)30-13-20(31)11-22(30)25(32)27-12-18-6-8-19(9-7-18)24-17(4)28-14-34-24/h5-10,14-15,20,22-23,29,31H,11-13H2,1-4H3,(H,27,32)/t20-,22+,23-/m1/s1. The summed E-state index contributed by atoms with van der Waals surface area (Å²) in [6.45, 7) is 8.47. The highest BCUT2D eigenvalue weighted by Crippen LogP contribution is 2.30. The van der Waals surface area contributed by atoms with Gasteiger partial charge in [-0.2, -0.15) is 0 Å². The van der Waals surface area contributed by atoms with Crippen molar-refractivity contribution in [1.29, 1.82) is 0 Å². The number of hydrogen-bond acceptors (Lipinski definition) is 5. The summed E-state index contributed by atoms with van der Waals surface area (Å²) in [5.41, 5.74) is 6.74. The Bertz CT molecular complexity index is 1150. The van der Waals surface area contributed by atoms with Crippen LogP contribution in [-0.2, 0) is 16.1 Å². The highest BCUT2D eigenvalue weighted by molar-refractivity contribution is 7.13. The molecule has 3 aromatic rings. The normalized spacial score (nSPS) is 18.9. The molecule has 8 heteroatoms. The zero-order chi connectivity index (χ0) is 24.4. The molecular formula is C26H32N4O3S. The molecule has 3 heterocycles. The molecule has 0 aliphatic carbocycles. The second kappa shape index (κ2) is 10.1. The monoisotopic (exact) mass is 480 g/mol. The number of amides is 2. The van der Waals surface area contributed by atoms with Crippen LogP contribution >= 0.6 is 11.3 Å². The van der Waals surface area contributed by atoms with Crippen LogP contribution in [0.1, 0.15) is 48.8 Å². The average molecular weight is 481 g/mol. The van der Waals surface area contributed by atoms with E-state index in [9.17, 15) is 14.7 Å². The summed E-state index contributed by atoms with van der Waals surface area (Å²) in [5.74, 6) is -0.708. The van der Waals surface area contributed by atoms with Gasteiger partial charge in [0.1, 0.15) is 6.04 Å². The fourth-order valence-electron chi connectivity index (χ4n) is 4.63. The number of carbonyl (C=O) groups excluding carboxylic acids is 2. The van der Waals surface area contributed by atoms with E-state index in [0.29, 0.717) is 6.54 Å². The molecule has 0 saturated carbocycles. The third-order valence-electron chi connectivity index (χ3n) is 6.42. The van der Waals surface area contributed by atoms with Gasteiger partial charge in [0.25, 0.3) is 0 Å². The smallest absolute Gasteiger partial charge is 0.243 e. The number of aryl methyl sites for hydroxylation is 2. The second-order valence-corrected chi connectivity index (χ2v) is 10.3. The third-order valence-corrected chi connectivity index (χ3v) is 7.39. The number of aliphatic hydroxyl groups excluding tert-OH is 1. The minimum absolute atomic E-state index is 0.0488. The van der Waals surface area contributed by atoms with Crippen molar-refractivity contribution in [3.8, 4) is 10.4 Å². The largest absolute Gasteiger partial charge is 0.391 e. The van der Waals surface area contributed by atoms with E-state index in [4.69, 9.17) is 0 Å². The van der Waals surface area contributed by atoms with Crippen molar-refractivity contribution in [2.45, 2.75) is 58.7 Å². The lowest BCUT2D eigenvalue weighted by atomic mass is 9.91. The predicted molar refractivity (Wildman–Crippen MR) is 133 cm³/mol. The molecule has 3 N–H and O–H groups in total. The third kappa shape index (κ3) is 5.08. The Morgan fingerprint density at radius 1 is 1.21 bits per heavy atom. The van der Waals surface area contributed by atoms with Crippen LogP contribution in [0.2, 0.25) is 0 Å². The number of carbonyl (C=O) groups is 2. The van der Waals surface area contributed by atoms with E-state index >= 15 is 0 Å². The molecular weight excluding hydrogens is 448 g/mol. The number of aromatic nitrogens is 2. The highest BCUT2D eigenvalue weighted by atomic mass is 32.1. The summed E-state index contributed by atoms with van der Waals surface area (Å²) < 4.78 is 0.